The molecule has 1 aromatic carbocycles. The first-order valence-corrected chi connectivity index (χ1v) is 8.14. The first-order valence-electron chi connectivity index (χ1n) is 6.00. The van der Waals surface area contributed by atoms with Crippen LogP contribution in [0, 0.1) is 0 Å². The standard InChI is InChI=1S/C12H17ClN2O3S/c1-18-12-5-3-2-4-11(12)14-6-8-15(9-7-14)19(16,17)10-13/h2-5H,6-10H2,1H3. The van der Waals surface area contributed by atoms with Crippen LogP contribution in [0.15, 0.2) is 24.3 Å². The van der Waals surface area contributed by atoms with Crippen LogP contribution in [-0.4, -0.2) is 51.2 Å². The first kappa shape index (κ1) is 14.4. The summed E-state index contributed by atoms with van der Waals surface area (Å²) in [6.45, 7) is 2.17. The van der Waals surface area contributed by atoms with Crippen LogP contribution in [0.1, 0.15) is 0 Å². The average molecular weight is 305 g/mol. The fraction of sp³-hybridized carbons (Fsp3) is 0.500. The fourth-order valence-electron chi connectivity index (χ4n) is 2.17. The van der Waals surface area contributed by atoms with Crippen LogP contribution in [0.4, 0.5) is 5.69 Å². The van der Waals surface area contributed by atoms with E-state index in [0.717, 1.165) is 11.4 Å². The van der Waals surface area contributed by atoms with Crippen molar-refractivity contribution in [1.29, 1.82) is 0 Å². The average Bonchev–Trinajstić information content (AvgIpc) is 2.47. The van der Waals surface area contributed by atoms with Gasteiger partial charge in [-0.05, 0) is 12.1 Å². The third kappa shape index (κ3) is 3.13. The molecule has 0 aliphatic carbocycles. The van der Waals surface area contributed by atoms with Gasteiger partial charge in [-0.25, -0.2) is 8.42 Å². The minimum absolute atomic E-state index is 0.359. The number of piperazine rings is 1. The van der Waals surface area contributed by atoms with Crippen LogP contribution in [0.5, 0.6) is 5.75 Å². The number of alkyl halides is 1. The Labute approximate surface area is 118 Å². The Balaban J connectivity index is 2.08. The quantitative estimate of drug-likeness (QED) is 0.788. The highest BCUT2D eigenvalue weighted by Gasteiger charge is 2.26. The lowest BCUT2D eigenvalue weighted by atomic mass is 10.2. The third-order valence-electron chi connectivity index (χ3n) is 3.20. The number of sulfonamides is 1. The van der Waals surface area contributed by atoms with Crippen LogP contribution in [0.3, 0.4) is 0 Å². The number of anilines is 1. The molecular weight excluding hydrogens is 288 g/mol. The van der Waals surface area contributed by atoms with E-state index in [1.807, 2.05) is 24.3 Å². The minimum atomic E-state index is -3.30. The summed E-state index contributed by atoms with van der Waals surface area (Å²) in [5.74, 6) is 0.802. The third-order valence-corrected chi connectivity index (χ3v) is 5.45. The normalized spacial score (nSPS) is 17.5. The van der Waals surface area contributed by atoms with Crippen molar-refractivity contribution < 1.29 is 13.2 Å². The fourth-order valence-corrected chi connectivity index (χ4v) is 3.44. The van der Waals surface area contributed by atoms with Crippen molar-refractivity contribution in [2.45, 2.75) is 0 Å². The van der Waals surface area contributed by atoms with Gasteiger partial charge in [0.15, 0.2) is 0 Å². The maximum Gasteiger partial charge on any atom is 0.228 e. The van der Waals surface area contributed by atoms with Crippen LogP contribution in [-0.2, 0) is 10.0 Å². The molecule has 106 valence electrons. The van der Waals surface area contributed by atoms with Crippen LogP contribution in [0.25, 0.3) is 0 Å². The van der Waals surface area contributed by atoms with E-state index in [-0.39, 0.29) is 5.21 Å². The second-order valence-corrected chi connectivity index (χ2v) is 6.83. The molecule has 0 N–H and O–H groups in total. The molecule has 19 heavy (non-hydrogen) atoms. The molecule has 0 unspecified atom stereocenters. The lowest BCUT2D eigenvalue weighted by Crippen LogP contribution is -2.49. The number of methoxy groups -OCH3 is 1. The van der Waals surface area contributed by atoms with Gasteiger partial charge in [-0.2, -0.15) is 4.31 Å². The van der Waals surface area contributed by atoms with Gasteiger partial charge in [0.1, 0.15) is 11.0 Å². The molecule has 0 amide bonds. The first-order chi connectivity index (χ1) is 9.08. The summed E-state index contributed by atoms with van der Waals surface area (Å²) in [5, 5.41) is -0.359. The maximum atomic E-state index is 11.7. The summed E-state index contributed by atoms with van der Waals surface area (Å²) in [6, 6.07) is 7.73. The highest BCUT2D eigenvalue weighted by molar-refractivity contribution is 7.90. The summed E-state index contributed by atoms with van der Waals surface area (Å²) in [4.78, 5) is 2.12. The number of para-hydroxylation sites is 2. The number of rotatable bonds is 4. The zero-order chi connectivity index (χ0) is 13.9. The highest BCUT2D eigenvalue weighted by atomic mass is 35.5. The molecule has 5 nitrogen and oxygen atoms in total. The van der Waals surface area contributed by atoms with Crippen molar-refractivity contribution in [2.75, 3.05) is 43.4 Å². The van der Waals surface area contributed by atoms with Gasteiger partial charge < -0.3 is 9.64 Å². The SMILES string of the molecule is COc1ccccc1N1CCN(S(=O)(=O)CCl)CC1. The Morgan fingerprint density at radius 2 is 1.84 bits per heavy atom. The molecule has 1 aromatic rings. The lowest BCUT2D eigenvalue weighted by Gasteiger charge is -2.35. The Morgan fingerprint density at radius 3 is 2.42 bits per heavy atom. The number of hydrogen-bond donors (Lipinski definition) is 0. The largest absolute Gasteiger partial charge is 0.495 e. The molecule has 7 heteroatoms. The summed E-state index contributed by atoms with van der Waals surface area (Å²) in [5.41, 5.74) is 0.993. The second kappa shape index (κ2) is 5.98. The van der Waals surface area contributed by atoms with E-state index in [0.29, 0.717) is 26.2 Å². The van der Waals surface area contributed by atoms with Gasteiger partial charge in [-0.1, -0.05) is 12.1 Å². The van der Waals surface area contributed by atoms with Crippen molar-refractivity contribution in [3.63, 3.8) is 0 Å². The number of benzene rings is 1. The molecule has 0 bridgehead atoms. The molecular formula is C12H17ClN2O3S. The topological polar surface area (TPSA) is 49.9 Å². The number of halogens is 1. The van der Waals surface area contributed by atoms with E-state index in [2.05, 4.69) is 4.90 Å². The van der Waals surface area contributed by atoms with Gasteiger partial charge in [0.25, 0.3) is 0 Å². The van der Waals surface area contributed by atoms with Crippen LogP contribution in [0.2, 0.25) is 0 Å². The molecule has 0 atom stereocenters. The van der Waals surface area contributed by atoms with Crippen molar-refractivity contribution in [2.24, 2.45) is 0 Å². The smallest absolute Gasteiger partial charge is 0.228 e. The number of ether oxygens (including phenoxy) is 1. The van der Waals surface area contributed by atoms with E-state index in [9.17, 15) is 8.42 Å². The molecule has 0 aromatic heterocycles. The summed E-state index contributed by atoms with van der Waals surface area (Å²) in [7, 11) is -1.67. The molecule has 0 spiro atoms. The Hall–Kier alpha value is -0.980. The highest BCUT2D eigenvalue weighted by Crippen LogP contribution is 2.28. The number of hydrogen-bond acceptors (Lipinski definition) is 4. The zero-order valence-electron chi connectivity index (χ0n) is 10.8. The van der Waals surface area contributed by atoms with Gasteiger partial charge in [-0.3, -0.25) is 0 Å². The van der Waals surface area contributed by atoms with Crippen molar-refractivity contribution in [3.05, 3.63) is 24.3 Å². The monoisotopic (exact) mass is 304 g/mol. The Bertz CT molecular complexity index is 528. The Morgan fingerprint density at radius 1 is 1.21 bits per heavy atom. The predicted molar refractivity (Wildman–Crippen MR) is 76.4 cm³/mol. The van der Waals surface area contributed by atoms with E-state index in [1.54, 1.807) is 7.11 Å². The summed E-state index contributed by atoms with van der Waals surface area (Å²) < 4.78 is 30.1. The number of nitrogens with zero attached hydrogens (tertiary/aromatic N) is 2. The van der Waals surface area contributed by atoms with Crippen LogP contribution < -0.4 is 9.64 Å². The molecule has 1 aliphatic heterocycles. The molecule has 0 radical (unpaired) electrons. The van der Waals surface area contributed by atoms with E-state index in [4.69, 9.17) is 16.3 Å². The van der Waals surface area contributed by atoms with Crippen molar-refractivity contribution in [3.8, 4) is 5.75 Å². The van der Waals surface area contributed by atoms with Gasteiger partial charge in [-0.15, -0.1) is 11.6 Å². The van der Waals surface area contributed by atoms with Gasteiger partial charge in [0.2, 0.25) is 10.0 Å². The molecule has 0 saturated carbocycles. The lowest BCUT2D eigenvalue weighted by molar-refractivity contribution is 0.380. The van der Waals surface area contributed by atoms with Crippen molar-refractivity contribution >= 4 is 27.3 Å². The molecule has 1 fully saturated rings. The van der Waals surface area contributed by atoms with Gasteiger partial charge in [0, 0.05) is 26.2 Å². The van der Waals surface area contributed by atoms with Gasteiger partial charge >= 0.3 is 0 Å². The second-order valence-electron chi connectivity index (χ2n) is 4.28. The Kier molecular flexibility index (Phi) is 4.54. The molecule has 2 rings (SSSR count). The van der Waals surface area contributed by atoms with E-state index < -0.39 is 10.0 Å². The zero-order valence-corrected chi connectivity index (χ0v) is 12.3. The summed E-state index contributed by atoms with van der Waals surface area (Å²) >= 11 is 5.46. The minimum Gasteiger partial charge on any atom is -0.495 e. The van der Waals surface area contributed by atoms with Crippen molar-refractivity contribution in [1.82, 2.24) is 4.31 Å². The summed E-state index contributed by atoms with van der Waals surface area (Å²) in [6.07, 6.45) is 0. The van der Waals surface area contributed by atoms with Crippen LogP contribution >= 0.6 is 11.6 Å². The molecule has 1 aliphatic rings. The van der Waals surface area contributed by atoms with E-state index in [1.165, 1.54) is 4.31 Å². The van der Waals surface area contributed by atoms with E-state index >= 15 is 0 Å². The molecule has 1 heterocycles. The predicted octanol–water partition coefficient (Wildman–Crippen LogP) is 1.34. The maximum absolute atomic E-state index is 11.7. The van der Waals surface area contributed by atoms with Gasteiger partial charge in [0.05, 0.1) is 12.8 Å². The molecule has 1 saturated heterocycles.